The van der Waals surface area contributed by atoms with Crippen molar-refractivity contribution in [3.63, 3.8) is 0 Å². The summed E-state index contributed by atoms with van der Waals surface area (Å²) in [6.07, 6.45) is 3.13. The molecule has 4 unspecified atom stereocenters. The number of esters is 1. The molecule has 378 valence electrons. The maximum atomic E-state index is 13.5. The van der Waals surface area contributed by atoms with E-state index < -0.39 is 35.9 Å². The van der Waals surface area contributed by atoms with Crippen molar-refractivity contribution in [2.75, 3.05) is 34.5 Å². The average molecular weight is 969 g/mol. The Morgan fingerprint density at radius 1 is 0.507 bits per heavy atom. The molecule has 6 aromatic rings. The molecule has 0 amide bonds. The zero-order chi connectivity index (χ0) is 50.4. The fourth-order valence-corrected chi connectivity index (χ4v) is 8.97. The van der Waals surface area contributed by atoms with E-state index in [4.69, 9.17) is 14.2 Å². The summed E-state index contributed by atoms with van der Waals surface area (Å²) in [4.78, 5) is 75.9. The van der Waals surface area contributed by atoms with Crippen molar-refractivity contribution in [3.8, 4) is 22.3 Å². The fraction of sp³-hybridized carbons (Fsp3) is 0.356. The first-order chi connectivity index (χ1) is 32.9. The van der Waals surface area contributed by atoms with Crippen LogP contribution in [-0.4, -0.2) is 72.3 Å². The first-order valence-corrected chi connectivity index (χ1v) is 23.0. The molecule has 2 aromatic heterocycles. The molecule has 0 aliphatic rings. The predicted octanol–water partition coefficient (Wildman–Crippen LogP) is 11.1. The highest BCUT2D eigenvalue weighted by Crippen LogP contribution is 2.35. The van der Waals surface area contributed by atoms with E-state index in [0.29, 0.717) is 0 Å². The SMILES string of the molecule is C.C.COCC(C(=O)CC(CC(=O)O)c1cccc(-c2c(C)cccc2C)c1)n1ccc(C)cc1=O.COCC(C(=O)CC(CC(=O)OC)c1cccc(-c2c(C)cccc2C)c1)n1ccc(C)cc1=O. The first kappa shape index (κ1) is 58.3. The van der Waals surface area contributed by atoms with Crippen molar-refractivity contribution in [1.82, 2.24) is 9.13 Å². The number of aromatic nitrogens is 2. The van der Waals surface area contributed by atoms with E-state index in [1.165, 1.54) is 42.6 Å². The number of Topliss-reactive ketones (excluding diaryl/α,β-unsaturated/α-hetero) is 2. The Bertz CT molecular complexity index is 2850. The normalized spacial score (nSPS) is 12.4. The molecule has 1 N–H and O–H groups in total. The number of nitrogens with zero attached hydrogens (tertiary/aromatic N) is 2. The summed E-state index contributed by atoms with van der Waals surface area (Å²) in [7, 11) is 4.32. The largest absolute Gasteiger partial charge is 0.481 e. The quantitative estimate of drug-likeness (QED) is 0.0729. The number of rotatable bonds is 20. The minimum atomic E-state index is -0.980. The van der Waals surface area contributed by atoms with Crippen LogP contribution in [0, 0.1) is 41.5 Å². The van der Waals surface area contributed by atoms with Crippen molar-refractivity contribution in [2.24, 2.45) is 0 Å². The molecule has 0 fully saturated rings. The molecule has 71 heavy (non-hydrogen) atoms. The van der Waals surface area contributed by atoms with Crippen LogP contribution in [0.3, 0.4) is 0 Å². The molecule has 4 atom stereocenters. The van der Waals surface area contributed by atoms with Crippen molar-refractivity contribution in [3.05, 3.63) is 187 Å². The number of hydrogen-bond acceptors (Lipinski definition) is 9. The van der Waals surface area contributed by atoms with E-state index in [9.17, 15) is 33.9 Å². The Kier molecular flexibility index (Phi) is 22.5. The van der Waals surface area contributed by atoms with Gasteiger partial charge in [0.05, 0.1) is 33.2 Å². The monoisotopic (exact) mass is 969 g/mol. The third kappa shape index (κ3) is 15.5. The number of hydrogen-bond donors (Lipinski definition) is 1. The highest BCUT2D eigenvalue weighted by molar-refractivity contribution is 5.85. The van der Waals surface area contributed by atoms with Gasteiger partial charge in [-0.25, -0.2) is 0 Å². The standard InChI is InChI=1S/C29H33NO5.C28H31NO5.2CH4/c1-19-12-13-30(27(32)14-19)25(18-34-4)26(31)16-24(17-28(33)35-5)22-10-7-11-23(15-22)29-20(2)8-6-9-21(29)3;1-18-11-12-29(26(31)13-18)24(17-34-4)25(30)15-23(16-27(32)33)21-9-6-10-22(14-21)28-19(2)7-5-8-20(28)3;;/h6-15,24-25H,16-18H2,1-5H3;5-14,23-24H,15-17H2,1-4H3,(H,32,33);2*1H4. The van der Waals surface area contributed by atoms with Gasteiger partial charge in [0.2, 0.25) is 0 Å². The van der Waals surface area contributed by atoms with Crippen LogP contribution in [0.4, 0.5) is 0 Å². The Morgan fingerprint density at radius 2 is 0.873 bits per heavy atom. The van der Waals surface area contributed by atoms with Crippen LogP contribution in [0.2, 0.25) is 0 Å². The summed E-state index contributed by atoms with van der Waals surface area (Å²) in [6, 6.07) is 32.9. The molecule has 0 aliphatic carbocycles. The van der Waals surface area contributed by atoms with Gasteiger partial charge in [-0.1, -0.05) is 99.8 Å². The number of carboxylic acid groups (broad SMARTS) is 1. The van der Waals surface area contributed by atoms with E-state index in [-0.39, 0.29) is 76.4 Å². The minimum absolute atomic E-state index is 0. The van der Waals surface area contributed by atoms with Gasteiger partial charge < -0.3 is 28.5 Å². The smallest absolute Gasteiger partial charge is 0.306 e. The van der Waals surface area contributed by atoms with Crippen LogP contribution in [0.15, 0.2) is 131 Å². The van der Waals surface area contributed by atoms with Crippen molar-refractivity contribution < 1.29 is 38.5 Å². The summed E-state index contributed by atoms with van der Waals surface area (Å²) in [5.74, 6) is -2.72. The average Bonchev–Trinajstić information content (AvgIpc) is 3.30. The third-order valence-electron chi connectivity index (χ3n) is 12.5. The highest BCUT2D eigenvalue weighted by Gasteiger charge is 2.29. The number of carbonyl (C=O) groups excluding carboxylic acids is 3. The van der Waals surface area contributed by atoms with E-state index in [2.05, 4.69) is 26.0 Å². The molecule has 12 heteroatoms. The molecule has 0 saturated heterocycles. The van der Waals surface area contributed by atoms with E-state index in [1.54, 1.807) is 24.5 Å². The van der Waals surface area contributed by atoms with Crippen LogP contribution < -0.4 is 11.1 Å². The summed E-state index contributed by atoms with van der Waals surface area (Å²) in [5, 5.41) is 9.58. The Balaban J connectivity index is 0.000000365. The van der Waals surface area contributed by atoms with Gasteiger partial charge in [0, 0.05) is 63.4 Å². The Morgan fingerprint density at radius 3 is 1.21 bits per heavy atom. The maximum Gasteiger partial charge on any atom is 0.306 e. The van der Waals surface area contributed by atoms with Gasteiger partial charge in [-0.05, 0) is 120 Å². The minimum Gasteiger partial charge on any atom is -0.481 e. The van der Waals surface area contributed by atoms with Crippen LogP contribution in [0.5, 0.6) is 0 Å². The molecule has 0 bridgehead atoms. The van der Waals surface area contributed by atoms with Crippen LogP contribution >= 0.6 is 0 Å². The summed E-state index contributed by atoms with van der Waals surface area (Å²) in [5.41, 5.74) is 11.5. The van der Waals surface area contributed by atoms with Gasteiger partial charge in [0.1, 0.15) is 12.1 Å². The molecule has 2 heterocycles. The number of ether oxygens (including phenoxy) is 3. The molecule has 0 radical (unpaired) electrons. The van der Waals surface area contributed by atoms with Crippen molar-refractivity contribution >= 4 is 23.5 Å². The molecular weight excluding hydrogens is 897 g/mol. The van der Waals surface area contributed by atoms with Crippen LogP contribution in [-0.2, 0) is 33.4 Å². The lowest BCUT2D eigenvalue weighted by molar-refractivity contribution is -0.141. The van der Waals surface area contributed by atoms with E-state index in [1.807, 2.05) is 100 Å². The van der Waals surface area contributed by atoms with Gasteiger partial charge in [-0.3, -0.25) is 28.8 Å². The number of carbonyl (C=O) groups is 4. The third-order valence-corrected chi connectivity index (χ3v) is 12.5. The van der Waals surface area contributed by atoms with Gasteiger partial charge >= 0.3 is 11.9 Å². The summed E-state index contributed by atoms with van der Waals surface area (Å²) >= 11 is 0. The van der Waals surface area contributed by atoms with Gasteiger partial charge in [-0.2, -0.15) is 0 Å². The van der Waals surface area contributed by atoms with E-state index in [0.717, 1.165) is 66.8 Å². The Hall–Kier alpha value is -7.02. The van der Waals surface area contributed by atoms with Crippen molar-refractivity contribution in [1.29, 1.82) is 0 Å². The van der Waals surface area contributed by atoms with Gasteiger partial charge in [-0.15, -0.1) is 0 Å². The number of aliphatic carboxylic acids is 1. The van der Waals surface area contributed by atoms with Gasteiger partial charge in [0.25, 0.3) is 11.1 Å². The topological polar surface area (TPSA) is 160 Å². The molecular formula is C59H72N2O10. The number of benzene rings is 4. The van der Waals surface area contributed by atoms with Crippen LogP contribution in [0.1, 0.15) is 109 Å². The van der Waals surface area contributed by atoms with Gasteiger partial charge in [0.15, 0.2) is 11.6 Å². The predicted molar refractivity (Wildman–Crippen MR) is 282 cm³/mol. The first-order valence-electron chi connectivity index (χ1n) is 23.0. The van der Waals surface area contributed by atoms with E-state index >= 15 is 0 Å². The molecule has 6 rings (SSSR count). The molecule has 4 aromatic carbocycles. The second-order valence-electron chi connectivity index (χ2n) is 17.7. The highest BCUT2D eigenvalue weighted by atomic mass is 16.5. The summed E-state index contributed by atoms with van der Waals surface area (Å²) in [6.45, 7) is 12.0. The molecule has 0 spiro atoms. The number of methoxy groups -OCH3 is 3. The number of ketones is 2. The fourth-order valence-electron chi connectivity index (χ4n) is 8.97. The second-order valence-corrected chi connectivity index (χ2v) is 17.7. The number of carboxylic acids is 1. The molecule has 12 nitrogen and oxygen atoms in total. The van der Waals surface area contributed by atoms with Crippen molar-refractivity contribution in [2.45, 2.75) is 106 Å². The lowest BCUT2D eigenvalue weighted by Gasteiger charge is -2.22. The second kappa shape index (κ2) is 27.4. The lowest BCUT2D eigenvalue weighted by atomic mass is 9.86. The maximum absolute atomic E-state index is 13.5. The summed E-state index contributed by atoms with van der Waals surface area (Å²) < 4.78 is 18.2. The number of aryl methyl sites for hydroxylation is 6. The number of pyridine rings is 2. The molecule has 0 aliphatic heterocycles. The molecule has 0 saturated carbocycles. The lowest BCUT2D eigenvalue weighted by Crippen LogP contribution is -2.33. The van der Waals surface area contributed by atoms with Crippen LogP contribution in [0.25, 0.3) is 22.3 Å². The Labute approximate surface area is 419 Å². The zero-order valence-electron chi connectivity index (χ0n) is 41.1. The zero-order valence-corrected chi connectivity index (χ0v) is 41.1.